The molecule has 1 fully saturated rings. The Morgan fingerprint density at radius 1 is 1.12 bits per heavy atom. The molecule has 0 radical (unpaired) electrons. The zero-order chi connectivity index (χ0) is 18.4. The normalized spacial score (nSPS) is 18.0. The number of anilines is 1. The lowest BCUT2D eigenvalue weighted by molar-refractivity contribution is -0.132. The zero-order valence-corrected chi connectivity index (χ0v) is 15.4. The smallest absolute Gasteiger partial charge is 0.228 e. The molecule has 138 valence electrons. The van der Waals surface area contributed by atoms with Gasteiger partial charge in [-0.15, -0.1) is 0 Å². The predicted octanol–water partition coefficient (Wildman–Crippen LogP) is 3.17. The van der Waals surface area contributed by atoms with E-state index in [2.05, 4.69) is 5.32 Å². The third-order valence-corrected chi connectivity index (χ3v) is 4.83. The van der Waals surface area contributed by atoms with Crippen molar-refractivity contribution in [1.82, 2.24) is 4.90 Å². The number of rotatable bonds is 8. The summed E-state index contributed by atoms with van der Waals surface area (Å²) in [5.41, 5.74) is 2.12. The number of likely N-dealkylation sites (tertiary alicyclic amines) is 1. The summed E-state index contributed by atoms with van der Waals surface area (Å²) < 4.78 is 10.6. The minimum absolute atomic E-state index is 0.0317. The van der Waals surface area contributed by atoms with Gasteiger partial charge in [0.15, 0.2) is 0 Å². The molecular formula is C21H26N2O3. The molecule has 5 heteroatoms. The van der Waals surface area contributed by atoms with Crippen molar-refractivity contribution in [3.63, 3.8) is 0 Å². The highest BCUT2D eigenvalue weighted by molar-refractivity contribution is 5.82. The SMILES string of the molecule is COCC(Nc1ccccc1)[C@H]1CCN(Cc2ccc(OC)cc2)C1=O. The van der Waals surface area contributed by atoms with E-state index in [4.69, 9.17) is 9.47 Å². The van der Waals surface area contributed by atoms with E-state index in [0.29, 0.717) is 13.2 Å². The Balaban J connectivity index is 1.65. The van der Waals surface area contributed by atoms with Crippen molar-refractivity contribution in [2.24, 2.45) is 5.92 Å². The number of amides is 1. The number of hydrogen-bond acceptors (Lipinski definition) is 4. The molecule has 1 heterocycles. The fourth-order valence-corrected chi connectivity index (χ4v) is 3.43. The first kappa shape index (κ1) is 18.3. The van der Waals surface area contributed by atoms with Gasteiger partial charge in [-0.05, 0) is 36.2 Å². The largest absolute Gasteiger partial charge is 0.497 e. The van der Waals surface area contributed by atoms with E-state index < -0.39 is 0 Å². The van der Waals surface area contributed by atoms with Crippen LogP contribution in [0.5, 0.6) is 5.75 Å². The average molecular weight is 354 g/mol. The molecule has 1 unspecified atom stereocenters. The van der Waals surface area contributed by atoms with Gasteiger partial charge < -0.3 is 19.7 Å². The number of benzene rings is 2. The number of methoxy groups -OCH3 is 2. The van der Waals surface area contributed by atoms with E-state index in [9.17, 15) is 4.79 Å². The topological polar surface area (TPSA) is 50.8 Å². The minimum Gasteiger partial charge on any atom is -0.497 e. The van der Waals surface area contributed by atoms with Crippen LogP contribution < -0.4 is 10.1 Å². The van der Waals surface area contributed by atoms with Gasteiger partial charge in [0.2, 0.25) is 5.91 Å². The fraction of sp³-hybridized carbons (Fsp3) is 0.381. The van der Waals surface area contributed by atoms with Gasteiger partial charge in [0, 0.05) is 25.9 Å². The first-order valence-electron chi connectivity index (χ1n) is 8.93. The Bertz CT molecular complexity index is 703. The third-order valence-electron chi connectivity index (χ3n) is 4.83. The first-order valence-corrected chi connectivity index (χ1v) is 8.93. The molecule has 0 bridgehead atoms. The molecule has 0 saturated carbocycles. The molecule has 5 nitrogen and oxygen atoms in total. The van der Waals surface area contributed by atoms with Crippen LogP contribution in [-0.2, 0) is 16.1 Å². The van der Waals surface area contributed by atoms with Crippen LogP contribution in [0.2, 0.25) is 0 Å². The summed E-state index contributed by atoms with van der Waals surface area (Å²) in [6.45, 7) is 1.90. The summed E-state index contributed by atoms with van der Waals surface area (Å²) >= 11 is 0. The van der Waals surface area contributed by atoms with Crippen LogP contribution in [0.1, 0.15) is 12.0 Å². The van der Waals surface area contributed by atoms with Crippen molar-refractivity contribution in [2.45, 2.75) is 19.0 Å². The lowest BCUT2D eigenvalue weighted by atomic mass is 9.98. The maximum Gasteiger partial charge on any atom is 0.228 e. The lowest BCUT2D eigenvalue weighted by Crippen LogP contribution is -2.39. The Labute approximate surface area is 154 Å². The summed E-state index contributed by atoms with van der Waals surface area (Å²) in [6, 6.07) is 17.8. The molecule has 2 aromatic carbocycles. The van der Waals surface area contributed by atoms with Gasteiger partial charge in [-0.3, -0.25) is 4.79 Å². The predicted molar refractivity (Wildman–Crippen MR) is 102 cm³/mol. The Morgan fingerprint density at radius 2 is 1.85 bits per heavy atom. The van der Waals surface area contributed by atoms with Crippen molar-refractivity contribution in [1.29, 1.82) is 0 Å². The highest BCUT2D eigenvalue weighted by Gasteiger charge is 2.37. The Kier molecular flexibility index (Phi) is 6.12. The van der Waals surface area contributed by atoms with Crippen LogP contribution in [0.25, 0.3) is 0 Å². The summed E-state index contributed by atoms with van der Waals surface area (Å²) in [4.78, 5) is 14.9. The van der Waals surface area contributed by atoms with Crippen molar-refractivity contribution < 1.29 is 14.3 Å². The molecule has 1 N–H and O–H groups in total. The Morgan fingerprint density at radius 3 is 2.50 bits per heavy atom. The molecule has 26 heavy (non-hydrogen) atoms. The van der Waals surface area contributed by atoms with Crippen molar-refractivity contribution in [3.05, 3.63) is 60.2 Å². The second-order valence-corrected chi connectivity index (χ2v) is 6.58. The van der Waals surface area contributed by atoms with Crippen LogP contribution >= 0.6 is 0 Å². The molecule has 0 spiro atoms. The van der Waals surface area contributed by atoms with E-state index in [0.717, 1.165) is 30.0 Å². The van der Waals surface area contributed by atoms with Gasteiger partial charge >= 0.3 is 0 Å². The van der Waals surface area contributed by atoms with E-state index in [-0.39, 0.29) is 17.9 Å². The second-order valence-electron chi connectivity index (χ2n) is 6.58. The van der Waals surface area contributed by atoms with Crippen LogP contribution in [0, 0.1) is 5.92 Å². The number of carbonyl (C=O) groups is 1. The summed E-state index contributed by atoms with van der Waals surface area (Å²) in [5.74, 6) is 0.936. The van der Waals surface area contributed by atoms with Crippen LogP contribution in [0.15, 0.2) is 54.6 Å². The van der Waals surface area contributed by atoms with Gasteiger partial charge in [-0.1, -0.05) is 30.3 Å². The number of ether oxygens (including phenoxy) is 2. The number of para-hydroxylation sites is 1. The molecule has 1 aliphatic rings. The molecule has 1 saturated heterocycles. The molecule has 0 aromatic heterocycles. The summed E-state index contributed by atoms with van der Waals surface area (Å²) in [7, 11) is 3.33. The highest BCUT2D eigenvalue weighted by Crippen LogP contribution is 2.26. The molecular weight excluding hydrogens is 328 g/mol. The van der Waals surface area contributed by atoms with Gasteiger partial charge in [-0.25, -0.2) is 0 Å². The monoisotopic (exact) mass is 354 g/mol. The molecule has 3 rings (SSSR count). The summed E-state index contributed by atoms with van der Waals surface area (Å²) in [6.07, 6.45) is 0.836. The van der Waals surface area contributed by atoms with E-state index in [1.54, 1.807) is 14.2 Å². The molecule has 1 amide bonds. The van der Waals surface area contributed by atoms with Crippen LogP contribution in [-0.4, -0.2) is 44.2 Å². The quantitative estimate of drug-likeness (QED) is 0.791. The molecule has 0 aliphatic carbocycles. The van der Waals surface area contributed by atoms with Gasteiger partial charge in [0.25, 0.3) is 0 Å². The van der Waals surface area contributed by atoms with Crippen LogP contribution in [0.3, 0.4) is 0 Å². The molecule has 1 aliphatic heterocycles. The number of carbonyl (C=O) groups excluding carboxylic acids is 1. The third kappa shape index (κ3) is 4.35. The standard InChI is InChI=1S/C21H26N2O3/c1-25-15-20(22-17-6-4-3-5-7-17)19-12-13-23(21(19)24)14-16-8-10-18(26-2)11-9-16/h3-11,19-20,22H,12-15H2,1-2H3/t19-,20?/m1/s1. The maximum absolute atomic E-state index is 12.9. The van der Waals surface area contributed by atoms with Crippen molar-refractivity contribution >= 4 is 11.6 Å². The summed E-state index contributed by atoms with van der Waals surface area (Å²) in [5, 5.41) is 3.46. The number of nitrogens with zero attached hydrogens (tertiary/aromatic N) is 1. The van der Waals surface area contributed by atoms with Gasteiger partial charge in [0.05, 0.1) is 25.7 Å². The molecule has 2 aromatic rings. The van der Waals surface area contributed by atoms with E-state index >= 15 is 0 Å². The van der Waals surface area contributed by atoms with Crippen molar-refractivity contribution in [2.75, 3.05) is 32.7 Å². The van der Waals surface area contributed by atoms with Crippen LogP contribution in [0.4, 0.5) is 5.69 Å². The maximum atomic E-state index is 12.9. The second kappa shape index (κ2) is 8.72. The number of hydrogen-bond donors (Lipinski definition) is 1. The van der Waals surface area contributed by atoms with Gasteiger partial charge in [-0.2, -0.15) is 0 Å². The zero-order valence-electron chi connectivity index (χ0n) is 15.4. The van der Waals surface area contributed by atoms with E-state index in [1.165, 1.54) is 0 Å². The first-order chi connectivity index (χ1) is 12.7. The average Bonchev–Trinajstić information content (AvgIpc) is 3.03. The van der Waals surface area contributed by atoms with Crippen molar-refractivity contribution in [3.8, 4) is 5.75 Å². The van der Waals surface area contributed by atoms with Gasteiger partial charge in [0.1, 0.15) is 5.75 Å². The highest BCUT2D eigenvalue weighted by atomic mass is 16.5. The Hall–Kier alpha value is -2.53. The fourth-order valence-electron chi connectivity index (χ4n) is 3.43. The number of nitrogens with one attached hydrogen (secondary N) is 1. The lowest BCUT2D eigenvalue weighted by Gasteiger charge is -2.25. The molecule has 2 atom stereocenters. The van der Waals surface area contributed by atoms with E-state index in [1.807, 2.05) is 59.5 Å². The minimum atomic E-state index is -0.0756.